The lowest BCUT2D eigenvalue weighted by atomic mass is 9.99. The summed E-state index contributed by atoms with van der Waals surface area (Å²) in [7, 11) is 0. The molecule has 0 bridgehead atoms. The van der Waals surface area contributed by atoms with Crippen molar-refractivity contribution in [1.82, 2.24) is 10.3 Å². The summed E-state index contributed by atoms with van der Waals surface area (Å²) >= 11 is 6.13. The number of hydrogen-bond donors (Lipinski definition) is 4. The van der Waals surface area contributed by atoms with Crippen LogP contribution in [-0.2, 0) is 11.2 Å². The molecule has 2 aromatic carbocycles. The van der Waals surface area contributed by atoms with Gasteiger partial charge < -0.3 is 20.6 Å². The number of halogens is 1. The van der Waals surface area contributed by atoms with Crippen LogP contribution in [0.5, 0.6) is 0 Å². The number of benzene rings is 2. The normalized spacial score (nSPS) is 12.6. The maximum Gasteiger partial charge on any atom is 0.336 e. The second-order valence-electron chi connectivity index (χ2n) is 6.94. The van der Waals surface area contributed by atoms with Crippen LogP contribution in [0.4, 0.5) is 0 Å². The molecule has 0 saturated heterocycles. The van der Waals surface area contributed by atoms with E-state index in [2.05, 4.69) is 10.3 Å². The highest BCUT2D eigenvalue weighted by Gasteiger charge is 2.29. The molecular formula is C23H19ClN2O6. The molecule has 0 aliphatic carbocycles. The number of nitrogens with zero attached hydrogens (tertiary/aromatic N) is 1. The number of aliphatic hydroxyl groups excluding tert-OH is 1. The van der Waals surface area contributed by atoms with E-state index in [0.29, 0.717) is 21.7 Å². The van der Waals surface area contributed by atoms with Crippen molar-refractivity contribution in [3.8, 4) is 11.1 Å². The number of aliphatic hydroxyl groups is 1. The summed E-state index contributed by atoms with van der Waals surface area (Å²) in [5.74, 6) is -3.34. The number of amides is 1. The first-order valence-corrected chi connectivity index (χ1v) is 9.89. The smallest absolute Gasteiger partial charge is 0.336 e. The minimum absolute atomic E-state index is 0.0274. The Morgan fingerprint density at radius 3 is 2.38 bits per heavy atom. The van der Waals surface area contributed by atoms with Crippen LogP contribution in [0.1, 0.15) is 26.4 Å². The van der Waals surface area contributed by atoms with E-state index < -0.39 is 30.0 Å². The lowest BCUT2D eigenvalue weighted by Gasteiger charge is -2.22. The Labute approximate surface area is 188 Å². The van der Waals surface area contributed by atoms with E-state index >= 15 is 0 Å². The van der Waals surface area contributed by atoms with E-state index in [9.17, 15) is 29.7 Å². The SMILES string of the molecule is O=C(NC(Cc1ccccc1Cl)C(O)C(=O)O)c1cc(-c2ccccc2C(=O)O)ccn1. The van der Waals surface area contributed by atoms with Gasteiger partial charge >= 0.3 is 11.9 Å². The average molecular weight is 455 g/mol. The number of carboxylic acids is 2. The van der Waals surface area contributed by atoms with E-state index in [0.717, 1.165) is 0 Å². The first-order chi connectivity index (χ1) is 15.3. The number of pyridine rings is 1. The van der Waals surface area contributed by atoms with Gasteiger partial charge in [-0.25, -0.2) is 9.59 Å². The Balaban J connectivity index is 1.89. The summed E-state index contributed by atoms with van der Waals surface area (Å²) in [5, 5.41) is 31.7. The Kier molecular flexibility index (Phi) is 7.19. The summed E-state index contributed by atoms with van der Waals surface area (Å²) in [6.07, 6.45) is -0.564. The maximum absolute atomic E-state index is 12.8. The molecule has 3 aromatic rings. The molecule has 0 fully saturated rings. The van der Waals surface area contributed by atoms with Gasteiger partial charge in [-0.3, -0.25) is 9.78 Å². The van der Waals surface area contributed by atoms with Crippen LogP contribution in [-0.4, -0.2) is 50.3 Å². The van der Waals surface area contributed by atoms with Gasteiger partial charge in [0.2, 0.25) is 0 Å². The molecule has 4 N–H and O–H groups in total. The summed E-state index contributed by atoms with van der Waals surface area (Å²) in [4.78, 5) is 39.7. The number of carbonyl (C=O) groups excluding carboxylic acids is 1. The molecule has 0 radical (unpaired) electrons. The van der Waals surface area contributed by atoms with Crippen LogP contribution in [0.3, 0.4) is 0 Å². The predicted molar refractivity (Wildman–Crippen MR) is 117 cm³/mol. The third-order valence-corrected chi connectivity index (χ3v) is 5.18. The third-order valence-electron chi connectivity index (χ3n) is 4.81. The molecule has 0 aliphatic heterocycles. The lowest BCUT2D eigenvalue weighted by molar-refractivity contribution is -0.148. The van der Waals surface area contributed by atoms with Crippen LogP contribution in [0, 0.1) is 0 Å². The van der Waals surface area contributed by atoms with Crippen LogP contribution in [0.2, 0.25) is 5.02 Å². The molecule has 1 heterocycles. The molecular weight excluding hydrogens is 436 g/mol. The van der Waals surface area contributed by atoms with E-state index in [-0.39, 0.29) is 17.7 Å². The van der Waals surface area contributed by atoms with Crippen LogP contribution in [0.25, 0.3) is 11.1 Å². The molecule has 0 saturated carbocycles. The third kappa shape index (κ3) is 5.29. The zero-order chi connectivity index (χ0) is 23.3. The van der Waals surface area contributed by atoms with Crippen LogP contribution in [0.15, 0.2) is 66.9 Å². The molecule has 2 unspecified atom stereocenters. The average Bonchev–Trinajstić information content (AvgIpc) is 2.79. The lowest BCUT2D eigenvalue weighted by Crippen LogP contribution is -2.48. The van der Waals surface area contributed by atoms with Crippen molar-refractivity contribution >= 4 is 29.4 Å². The number of aromatic nitrogens is 1. The summed E-state index contributed by atoms with van der Waals surface area (Å²) in [5.41, 5.74) is 1.39. The highest BCUT2D eigenvalue weighted by molar-refractivity contribution is 6.31. The van der Waals surface area contributed by atoms with Gasteiger partial charge in [0.15, 0.2) is 6.10 Å². The van der Waals surface area contributed by atoms with Gasteiger partial charge in [0.05, 0.1) is 11.6 Å². The van der Waals surface area contributed by atoms with Gasteiger partial charge in [-0.2, -0.15) is 0 Å². The molecule has 9 heteroatoms. The van der Waals surface area contributed by atoms with Crippen molar-refractivity contribution in [2.45, 2.75) is 18.6 Å². The topological polar surface area (TPSA) is 137 Å². The number of aliphatic carboxylic acids is 1. The Hall–Kier alpha value is -3.75. The zero-order valence-corrected chi connectivity index (χ0v) is 17.4. The standard InChI is InChI=1S/C23H19ClN2O6/c24-17-8-4-1-5-14(17)12-18(20(27)23(31)32)26-21(28)19-11-13(9-10-25-19)15-6-2-3-7-16(15)22(29)30/h1-11,18,20,27H,12H2,(H,26,28)(H,29,30)(H,31,32). The molecule has 32 heavy (non-hydrogen) atoms. The highest BCUT2D eigenvalue weighted by Crippen LogP contribution is 2.24. The van der Waals surface area contributed by atoms with E-state index in [4.69, 9.17) is 11.6 Å². The van der Waals surface area contributed by atoms with Gasteiger partial charge in [0.25, 0.3) is 5.91 Å². The minimum Gasteiger partial charge on any atom is -0.479 e. The number of aromatic carboxylic acids is 1. The molecule has 164 valence electrons. The summed E-state index contributed by atoms with van der Waals surface area (Å²) in [6, 6.07) is 14.8. The van der Waals surface area contributed by atoms with Crippen molar-refractivity contribution < 1.29 is 29.7 Å². The second kappa shape index (κ2) is 10.0. The van der Waals surface area contributed by atoms with Crippen molar-refractivity contribution in [3.63, 3.8) is 0 Å². The summed E-state index contributed by atoms with van der Waals surface area (Å²) in [6.45, 7) is 0. The maximum atomic E-state index is 12.8. The Morgan fingerprint density at radius 1 is 1.00 bits per heavy atom. The number of rotatable bonds is 8. The fraction of sp³-hybridized carbons (Fsp3) is 0.130. The van der Waals surface area contributed by atoms with Gasteiger partial charge in [0, 0.05) is 11.2 Å². The fourth-order valence-corrected chi connectivity index (χ4v) is 3.41. The van der Waals surface area contributed by atoms with Crippen molar-refractivity contribution in [3.05, 3.63) is 88.7 Å². The zero-order valence-electron chi connectivity index (χ0n) is 16.6. The number of carboxylic acid groups (broad SMARTS) is 2. The molecule has 1 aromatic heterocycles. The predicted octanol–water partition coefficient (Wildman–Crippen LogP) is 2.89. The van der Waals surface area contributed by atoms with E-state index in [1.165, 1.54) is 18.3 Å². The molecule has 8 nitrogen and oxygen atoms in total. The molecule has 2 atom stereocenters. The molecule has 1 amide bonds. The van der Waals surface area contributed by atoms with Crippen molar-refractivity contribution in [1.29, 1.82) is 0 Å². The number of carbonyl (C=O) groups is 3. The minimum atomic E-state index is -1.88. The van der Waals surface area contributed by atoms with Crippen molar-refractivity contribution in [2.24, 2.45) is 0 Å². The van der Waals surface area contributed by atoms with Crippen molar-refractivity contribution in [2.75, 3.05) is 0 Å². The number of nitrogens with one attached hydrogen (secondary N) is 1. The Morgan fingerprint density at radius 2 is 1.69 bits per heavy atom. The monoisotopic (exact) mass is 454 g/mol. The van der Waals surface area contributed by atoms with E-state index in [1.807, 2.05) is 0 Å². The Bertz CT molecular complexity index is 1170. The van der Waals surface area contributed by atoms with Gasteiger partial charge in [-0.1, -0.05) is 48.0 Å². The van der Waals surface area contributed by atoms with Gasteiger partial charge in [-0.15, -0.1) is 0 Å². The van der Waals surface area contributed by atoms with E-state index in [1.54, 1.807) is 48.5 Å². The van der Waals surface area contributed by atoms with Gasteiger partial charge in [-0.05, 0) is 47.4 Å². The van der Waals surface area contributed by atoms with Crippen LogP contribution >= 0.6 is 11.6 Å². The molecule has 3 rings (SSSR count). The van der Waals surface area contributed by atoms with Crippen LogP contribution < -0.4 is 5.32 Å². The molecule has 0 spiro atoms. The second-order valence-corrected chi connectivity index (χ2v) is 7.35. The highest BCUT2D eigenvalue weighted by atomic mass is 35.5. The quantitative estimate of drug-likeness (QED) is 0.410. The fourth-order valence-electron chi connectivity index (χ4n) is 3.20. The number of hydrogen-bond acceptors (Lipinski definition) is 5. The first-order valence-electron chi connectivity index (χ1n) is 9.52. The molecule has 0 aliphatic rings. The van der Waals surface area contributed by atoms with Gasteiger partial charge in [0.1, 0.15) is 5.69 Å². The largest absolute Gasteiger partial charge is 0.479 e. The first kappa shape index (κ1) is 22.9. The summed E-state index contributed by atoms with van der Waals surface area (Å²) < 4.78 is 0.